The van der Waals surface area contributed by atoms with Gasteiger partial charge in [0.05, 0.1) is 24.9 Å². The van der Waals surface area contributed by atoms with E-state index < -0.39 is 9.84 Å². The Hall–Kier alpha value is -3.05. The number of aromatic nitrogens is 3. The van der Waals surface area contributed by atoms with Crippen molar-refractivity contribution in [2.24, 2.45) is 7.05 Å². The molecule has 0 aliphatic heterocycles. The van der Waals surface area contributed by atoms with Gasteiger partial charge in [0, 0.05) is 13.6 Å². The van der Waals surface area contributed by atoms with E-state index in [9.17, 15) is 13.2 Å². The van der Waals surface area contributed by atoms with E-state index in [4.69, 9.17) is 9.47 Å². The molecule has 3 aromatic rings. The number of nitrogens with zero attached hydrogens (tertiary/aromatic N) is 3. The van der Waals surface area contributed by atoms with Gasteiger partial charge in [0.1, 0.15) is 11.6 Å². The predicted molar refractivity (Wildman–Crippen MR) is 130 cm³/mol. The van der Waals surface area contributed by atoms with Crippen LogP contribution in [0.2, 0.25) is 0 Å². The number of nitrogens with one attached hydrogen (secondary N) is 1. The molecule has 34 heavy (non-hydrogen) atoms. The lowest BCUT2D eigenvalue weighted by Gasteiger charge is -2.10. The highest BCUT2D eigenvalue weighted by atomic mass is 32.2. The molecule has 3 rings (SSSR count). The van der Waals surface area contributed by atoms with Gasteiger partial charge < -0.3 is 19.4 Å². The Balaban J connectivity index is 1.50. The van der Waals surface area contributed by atoms with E-state index in [0.29, 0.717) is 35.4 Å². The Morgan fingerprint density at radius 1 is 1.06 bits per heavy atom. The van der Waals surface area contributed by atoms with Gasteiger partial charge in [0.2, 0.25) is 5.91 Å². The van der Waals surface area contributed by atoms with Crippen molar-refractivity contribution in [1.29, 1.82) is 0 Å². The van der Waals surface area contributed by atoms with E-state index in [1.807, 2.05) is 25.1 Å². The summed E-state index contributed by atoms with van der Waals surface area (Å²) in [6.45, 7) is 2.36. The van der Waals surface area contributed by atoms with Crippen LogP contribution in [-0.2, 0) is 33.9 Å². The Labute approximate surface area is 203 Å². The summed E-state index contributed by atoms with van der Waals surface area (Å²) in [7, 11) is 1.31. The molecule has 0 aliphatic rings. The van der Waals surface area contributed by atoms with Gasteiger partial charge in [0.15, 0.2) is 26.5 Å². The summed E-state index contributed by atoms with van der Waals surface area (Å²) >= 11 is 1.20. The van der Waals surface area contributed by atoms with Crippen molar-refractivity contribution >= 4 is 27.5 Å². The summed E-state index contributed by atoms with van der Waals surface area (Å²) in [5, 5.41) is 11.4. The van der Waals surface area contributed by atoms with Crippen LogP contribution < -0.4 is 14.8 Å². The second-order valence-corrected chi connectivity index (χ2v) is 10.5. The number of rotatable bonds is 11. The van der Waals surface area contributed by atoms with Crippen molar-refractivity contribution in [1.82, 2.24) is 20.1 Å². The highest BCUT2D eigenvalue weighted by molar-refractivity contribution is 7.99. The van der Waals surface area contributed by atoms with Crippen molar-refractivity contribution < 1.29 is 22.7 Å². The summed E-state index contributed by atoms with van der Waals surface area (Å²) in [5.41, 5.74) is 2.00. The van der Waals surface area contributed by atoms with Crippen LogP contribution in [0.25, 0.3) is 0 Å². The summed E-state index contributed by atoms with van der Waals surface area (Å²) in [6.07, 6.45) is 0.641. The van der Waals surface area contributed by atoms with E-state index in [2.05, 4.69) is 15.5 Å². The highest BCUT2D eigenvalue weighted by Crippen LogP contribution is 2.27. The molecule has 182 valence electrons. The smallest absolute Gasteiger partial charge is 0.230 e. The lowest BCUT2D eigenvalue weighted by atomic mass is 10.1. The van der Waals surface area contributed by atoms with Crippen molar-refractivity contribution in [3.63, 3.8) is 0 Å². The first-order valence-electron chi connectivity index (χ1n) is 10.5. The quantitative estimate of drug-likeness (QED) is 0.397. The van der Waals surface area contributed by atoms with Crippen LogP contribution in [0.3, 0.4) is 0 Å². The van der Waals surface area contributed by atoms with Crippen LogP contribution in [0.5, 0.6) is 11.5 Å². The number of aryl methyl sites for hydroxylation is 1. The third kappa shape index (κ3) is 6.51. The third-order valence-corrected chi connectivity index (χ3v) is 7.79. The number of carbonyl (C=O) groups is 1. The van der Waals surface area contributed by atoms with Crippen LogP contribution in [0.1, 0.15) is 17.0 Å². The van der Waals surface area contributed by atoms with Crippen LogP contribution >= 0.6 is 11.8 Å². The minimum absolute atomic E-state index is 0.141. The average Bonchev–Trinajstić information content (AvgIpc) is 3.16. The van der Waals surface area contributed by atoms with E-state index >= 15 is 0 Å². The molecule has 1 N–H and O–H groups in total. The summed E-state index contributed by atoms with van der Waals surface area (Å²) in [6, 6.07) is 12.3. The molecule has 0 aliphatic carbocycles. The zero-order chi connectivity index (χ0) is 24.7. The van der Waals surface area contributed by atoms with Crippen LogP contribution in [0, 0.1) is 6.92 Å². The van der Waals surface area contributed by atoms with Crippen molar-refractivity contribution in [2.75, 3.05) is 26.5 Å². The minimum Gasteiger partial charge on any atom is -0.493 e. The van der Waals surface area contributed by atoms with E-state index in [1.54, 1.807) is 50.1 Å². The Morgan fingerprint density at radius 3 is 2.44 bits per heavy atom. The molecule has 2 aromatic carbocycles. The normalized spacial score (nSPS) is 11.3. The molecule has 1 heterocycles. The number of thioether (sulfide) groups is 1. The maximum absolute atomic E-state index is 12.7. The summed E-state index contributed by atoms with van der Waals surface area (Å²) in [4.78, 5) is 12.5. The van der Waals surface area contributed by atoms with Gasteiger partial charge in [-0.2, -0.15) is 0 Å². The molecule has 0 saturated heterocycles. The third-order valence-electron chi connectivity index (χ3n) is 5.14. The first-order valence-corrected chi connectivity index (χ1v) is 13.2. The molecule has 0 atom stereocenters. The molecular formula is C23H28N4O5S2. The Kier molecular flexibility index (Phi) is 8.56. The largest absolute Gasteiger partial charge is 0.493 e. The zero-order valence-electron chi connectivity index (χ0n) is 19.6. The predicted octanol–water partition coefficient (Wildman–Crippen LogP) is 2.57. The molecule has 0 radical (unpaired) electrons. The maximum atomic E-state index is 12.7. The van der Waals surface area contributed by atoms with Gasteiger partial charge in [-0.1, -0.05) is 35.5 Å². The number of hydrogen-bond donors (Lipinski definition) is 1. The topological polar surface area (TPSA) is 112 Å². The van der Waals surface area contributed by atoms with Gasteiger partial charge in [0.25, 0.3) is 0 Å². The summed E-state index contributed by atoms with van der Waals surface area (Å²) in [5.74, 6) is 1.34. The summed E-state index contributed by atoms with van der Waals surface area (Å²) < 4.78 is 37.5. The van der Waals surface area contributed by atoms with Crippen LogP contribution in [0.15, 0.2) is 52.5 Å². The van der Waals surface area contributed by atoms with E-state index in [-0.39, 0.29) is 22.3 Å². The molecule has 0 bridgehead atoms. The van der Waals surface area contributed by atoms with E-state index in [0.717, 1.165) is 11.1 Å². The molecule has 0 saturated carbocycles. The number of sulfone groups is 1. The number of carbonyl (C=O) groups excluding carboxylic acids is 1. The number of hydrogen-bond acceptors (Lipinski definition) is 8. The lowest BCUT2D eigenvalue weighted by Crippen LogP contribution is -2.27. The second kappa shape index (κ2) is 11.4. The Morgan fingerprint density at radius 2 is 1.76 bits per heavy atom. The fraction of sp³-hybridized carbons (Fsp3) is 0.348. The van der Waals surface area contributed by atoms with Crippen LogP contribution in [-0.4, -0.2) is 55.6 Å². The van der Waals surface area contributed by atoms with Gasteiger partial charge in [-0.15, -0.1) is 10.2 Å². The van der Waals surface area contributed by atoms with Gasteiger partial charge >= 0.3 is 0 Å². The number of amides is 1. The van der Waals surface area contributed by atoms with Gasteiger partial charge in [-0.05, 0) is 43.2 Å². The standard InChI is InChI=1S/C23H28N4O5S2/c1-16-5-8-18(9-6-16)34(29,30)15-21-25-26-23(27(21)2)33-14-22(28)24-12-11-17-7-10-19(31-3)20(13-17)32-4/h5-10,13H,11-12,14-15H2,1-4H3,(H,24,28). The monoisotopic (exact) mass is 504 g/mol. The fourth-order valence-corrected chi connectivity index (χ4v) is 5.23. The molecule has 9 nitrogen and oxygen atoms in total. The first-order chi connectivity index (χ1) is 16.2. The number of methoxy groups -OCH3 is 2. The molecule has 11 heteroatoms. The SMILES string of the molecule is COc1ccc(CCNC(=O)CSc2nnc(CS(=O)(=O)c3ccc(C)cc3)n2C)cc1OC. The maximum Gasteiger partial charge on any atom is 0.230 e. The molecule has 0 unspecified atom stereocenters. The van der Waals surface area contributed by atoms with Gasteiger partial charge in [-0.3, -0.25) is 4.79 Å². The van der Waals surface area contributed by atoms with Crippen molar-refractivity contribution in [2.45, 2.75) is 29.1 Å². The highest BCUT2D eigenvalue weighted by Gasteiger charge is 2.20. The zero-order valence-corrected chi connectivity index (χ0v) is 21.2. The number of benzene rings is 2. The second-order valence-electron chi connectivity index (χ2n) is 7.61. The van der Waals surface area contributed by atoms with E-state index in [1.165, 1.54) is 11.8 Å². The lowest BCUT2D eigenvalue weighted by molar-refractivity contribution is -0.118. The van der Waals surface area contributed by atoms with Gasteiger partial charge in [-0.25, -0.2) is 8.42 Å². The first kappa shape index (κ1) is 25.6. The molecule has 1 amide bonds. The average molecular weight is 505 g/mol. The molecule has 0 fully saturated rings. The number of ether oxygens (including phenoxy) is 2. The van der Waals surface area contributed by atoms with Crippen LogP contribution in [0.4, 0.5) is 0 Å². The minimum atomic E-state index is -3.55. The Bertz CT molecular complexity index is 1240. The van der Waals surface area contributed by atoms with Crippen molar-refractivity contribution in [3.8, 4) is 11.5 Å². The fourth-order valence-electron chi connectivity index (χ4n) is 3.16. The molecular weight excluding hydrogens is 476 g/mol. The molecule has 1 aromatic heterocycles. The van der Waals surface area contributed by atoms with Crippen molar-refractivity contribution in [3.05, 3.63) is 59.4 Å². The molecule has 0 spiro atoms.